The summed E-state index contributed by atoms with van der Waals surface area (Å²) >= 11 is 0. The number of phenols is 2. The molecule has 1 aromatic rings. The van der Waals surface area contributed by atoms with Gasteiger partial charge in [0.25, 0.3) is 0 Å². The Hall–Kier alpha value is -1.76. The van der Waals surface area contributed by atoms with Gasteiger partial charge in [0, 0.05) is 19.0 Å². The number of aromatic hydroxyl groups is 2. The van der Waals surface area contributed by atoms with Crippen molar-refractivity contribution in [3.8, 4) is 11.5 Å². The van der Waals surface area contributed by atoms with Crippen molar-refractivity contribution in [3.05, 3.63) is 23.8 Å². The van der Waals surface area contributed by atoms with E-state index < -0.39 is 9.84 Å². The van der Waals surface area contributed by atoms with Gasteiger partial charge >= 0.3 is 0 Å². The third kappa shape index (κ3) is 3.71. The van der Waals surface area contributed by atoms with Crippen molar-refractivity contribution in [2.24, 2.45) is 5.92 Å². The summed E-state index contributed by atoms with van der Waals surface area (Å²) in [7, 11) is -1.39. The van der Waals surface area contributed by atoms with Crippen LogP contribution in [0.25, 0.3) is 0 Å². The Morgan fingerprint density at radius 1 is 1.36 bits per heavy atom. The summed E-state index contributed by atoms with van der Waals surface area (Å²) in [6.07, 6.45) is 0.897. The van der Waals surface area contributed by atoms with Crippen molar-refractivity contribution < 1.29 is 23.4 Å². The number of carbonyl (C=O) groups excluding carboxylic acids is 1. The van der Waals surface area contributed by atoms with Gasteiger partial charge in [-0.25, -0.2) is 8.42 Å². The van der Waals surface area contributed by atoms with Crippen LogP contribution < -0.4 is 0 Å². The quantitative estimate of drug-likeness (QED) is 0.802. The second kappa shape index (κ2) is 6.16. The lowest BCUT2D eigenvalue weighted by atomic mass is 9.99. The fourth-order valence-electron chi connectivity index (χ4n) is 2.75. The van der Waals surface area contributed by atoms with Crippen LogP contribution in [0, 0.1) is 5.92 Å². The molecule has 2 unspecified atom stereocenters. The second-order valence-corrected chi connectivity index (χ2v) is 8.16. The molecule has 0 saturated carbocycles. The molecule has 1 heterocycles. The van der Waals surface area contributed by atoms with Crippen molar-refractivity contribution in [2.45, 2.75) is 25.8 Å². The second-order valence-electron chi connectivity index (χ2n) is 5.93. The van der Waals surface area contributed by atoms with Gasteiger partial charge in [-0.05, 0) is 30.5 Å². The maximum absolute atomic E-state index is 12.4. The zero-order chi connectivity index (χ0) is 16.5. The van der Waals surface area contributed by atoms with Gasteiger partial charge < -0.3 is 15.1 Å². The molecule has 0 bridgehead atoms. The molecule has 1 fully saturated rings. The van der Waals surface area contributed by atoms with E-state index >= 15 is 0 Å². The Morgan fingerprint density at radius 2 is 2.05 bits per heavy atom. The first-order valence-electron chi connectivity index (χ1n) is 7.17. The van der Waals surface area contributed by atoms with Crippen LogP contribution in [-0.2, 0) is 21.1 Å². The van der Waals surface area contributed by atoms with Gasteiger partial charge in [-0.2, -0.15) is 0 Å². The van der Waals surface area contributed by atoms with E-state index in [-0.39, 0.29) is 40.9 Å². The van der Waals surface area contributed by atoms with Gasteiger partial charge in [-0.15, -0.1) is 0 Å². The summed E-state index contributed by atoms with van der Waals surface area (Å²) in [6.45, 7) is 1.77. The van der Waals surface area contributed by atoms with Crippen molar-refractivity contribution in [1.29, 1.82) is 0 Å². The molecular formula is C15H21NO5S. The molecule has 0 aliphatic carbocycles. The first-order chi connectivity index (χ1) is 10.2. The topological polar surface area (TPSA) is 94.9 Å². The van der Waals surface area contributed by atoms with Crippen LogP contribution in [0.3, 0.4) is 0 Å². The van der Waals surface area contributed by atoms with Crippen molar-refractivity contribution >= 4 is 15.7 Å². The van der Waals surface area contributed by atoms with E-state index in [9.17, 15) is 23.4 Å². The number of carbonyl (C=O) groups is 1. The molecule has 0 radical (unpaired) electrons. The Bertz CT molecular complexity index is 671. The summed E-state index contributed by atoms with van der Waals surface area (Å²) in [6, 6.07) is 4.21. The lowest BCUT2D eigenvalue weighted by molar-refractivity contribution is -0.135. The lowest BCUT2D eigenvalue weighted by Gasteiger charge is -2.26. The standard InChI is InChI=1S/C15H21NO5S/c1-10(7-11-3-4-13(17)14(18)8-11)15(19)16(2)12-5-6-22(20,21)9-12/h3-4,8,10,12,17-18H,5-7,9H2,1-2H3. The summed E-state index contributed by atoms with van der Waals surface area (Å²) in [5, 5.41) is 18.8. The fourth-order valence-corrected chi connectivity index (χ4v) is 4.52. The molecular weight excluding hydrogens is 306 g/mol. The number of benzene rings is 1. The van der Waals surface area contributed by atoms with E-state index in [2.05, 4.69) is 0 Å². The van der Waals surface area contributed by atoms with Crippen LogP contribution in [0.1, 0.15) is 18.9 Å². The Morgan fingerprint density at radius 3 is 2.59 bits per heavy atom. The third-order valence-corrected chi connectivity index (χ3v) is 5.86. The van der Waals surface area contributed by atoms with Crippen LogP contribution in [0.15, 0.2) is 18.2 Å². The first-order valence-corrected chi connectivity index (χ1v) is 8.99. The van der Waals surface area contributed by atoms with E-state index in [1.165, 1.54) is 17.0 Å². The molecule has 2 N–H and O–H groups in total. The maximum Gasteiger partial charge on any atom is 0.225 e. The summed E-state index contributed by atoms with van der Waals surface area (Å²) < 4.78 is 23.0. The van der Waals surface area contributed by atoms with E-state index in [1.54, 1.807) is 20.0 Å². The highest BCUT2D eigenvalue weighted by molar-refractivity contribution is 7.91. The van der Waals surface area contributed by atoms with E-state index in [4.69, 9.17) is 0 Å². The number of hydrogen-bond acceptors (Lipinski definition) is 5. The molecule has 2 rings (SSSR count). The van der Waals surface area contributed by atoms with E-state index in [1.807, 2.05) is 0 Å². The molecule has 0 spiro atoms. The Labute approximate surface area is 130 Å². The van der Waals surface area contributed by atoms with Crippen molar-refractivity contribution in [3.63, 3.8) is 0 Å². The van der Waals surface area contributed by atoms with Gasteiger partial charge in [0.1, 0.15) is 0 Å². The van der Waals surface area contributed by atoms with Crippen LogP contribution in [-0.4, -0.2) is 54.0 Å². The normalized spacial score (nSPS) is 21.5. The van der Waals surface area contributed by atoms with Crippen molar-refractivity contribution in [2.75, 3.05) is 18.6 Å². The average molecular weight is 327 g/mol. The van der Waals surface area contributed by atoms with E-state index in [0.29, 0.717) is 12.8 Å². The average Bonchev–Trinajstić information content (AvgIpc) is 2.81. The smallest absolute Gasteiger partial charge is 0.225 e. The molecule has 0 aromatic heterocycles. The summed E-state index contributed by atoms with van der Waals surface area (Å²) in [5.74, 6) is -0.701. The summed E-state index contributed by atoms with van der Waals surface area (Å²) in [5.41, 5.74) is 0.739. The fraction of sp³-hybridized carbons (Fsp3) is 0.533. The minimum atomic E-state index is -3.02. The zero-order valence-electron chi connectivity index (χ0n) is 12.7. The molecule has 1 amide bonds. The minimum Gasteiger partial charge on any atom is -0.504 e. The van der Waals surface area contributed by atoms with E-state index in [0.717, 1.165) is 5.56 Å². The Balaban J connectivity index is 2.01. The summed E-state index contributed by atoms with van der Waals surface area (Å²) in [4.78, 5) is 13.9. The molecule has 1 aromatic carbocycles. The number of rotatable bonds is 4. The monoisotopic (exact) mass is 327 g/mol. The van der Waals surface area contributed by atoms with Crippen LogP contribution in [0.2, 0.25) is 0 Å². The van der Waals surface area contributed by atoms with Gasteiger partial charge in [-0.1, -0.05) is 13.0 Å². The zero-order valence-corrected chi connectivity index (χ0v) is 13.5. The van der Waals surface area contributed by atoms with Gasteiger partial charge in [0.05, 0.1) is 11.5 Å². The molecule has 122 valence electrons. The molecule has 6 nitrogen and oxygen atoms in total. The SMILES string of the molecule is CC(Cc1ccc(O)c(O)c1)C(=O)N(C)C1CCS(=O)(=O)C1. The third-order valence-electron chi connectivity index (χ3n) is 4.11. The van der Waals surface area contributed by atoms with Crippen LogP contribution in [0.5, 0.6) is 11.5 Å². The van der Waals surface area contributed by atoms with Gasteiger partial charge in [0.15, 0.2) is 21.3 Å². The lowest BCUT2D eigenvalue weighted by Crippen LogP contribution is -2.41. The predicted octanol–water partition coefficient (Wildman–Crippen LogP) is 0.922. The predicted molar refractivity (Wildman–Crippen MR) is 82.5 cm³/mol. The molecule has 7 heteroatoms. The van der Waals surface area contributed by atoms with Crippen LogP contribution >= 0.6 is 0 Å². The largest absolute Gasteiger partial charge is 0.504 e. The Kier molecular flexibility index (Phi) is 4.65. The highest BCUT2D eigenvalue weighted by atomic mass is 32.2. The van der Waals surface area contributed by atoms with Crippen molar-refractivity contribution in [1.82, 2.24) is 4.90 Å². The molecule has 2 atom stereocenters. The van der Waals surface area contributed by atoms with Gasteiger partial charge in [-0.3, -0.25) is 4.79 Å². The highest BCUT2D eigenvalue weighted by Gasteiger charge is 2.34. The van der Waals surface area contributed by atoms with Gasteiger partial charge in [0.2, 0.25) is 5.91 Å². The number of amides is 1. The minimum absolute atomic E-state index is 0.0297. The number of nitrogens with zero attached hydrogens (tertiary/aromatic N) is 1. The van der Waals surface area contributed by atoms with Crippen LogP contribution in [0.4, 0.5) is 0 Å². The number of sulfone groups is 1. The molecule has 22 heavy (non-hydrogen) atoms. The maximum atomic E-state index is 12.4. The molecule has 1 aliphatic rings. The molecule has 1 aliphatic heterocycles. The first kappa shape index (κ1) is 16.6. The highest BCUT2D eigenvalue weighted by Crippen LogP contribution is 2.26. The number of phenolic OH excluding ortho intramolecular Hbond substituents is 2. The molecule has 1 saturated heterocycles. The number of hydrogen-bond donors (Lipinski definition) is 2.